The number of ether oxygens (including phenoxy) is 1. The summed E-state index contributed by atoms with van der Waals surface area (Å²) in [6.07, 6.45) is 4.45. The first-order chi connectivity index (χ1) is 10.2. The van der Waals surface area contributed by atoms with Crippen molar-refractivity contribution in [1.29, 1.82) is 0 Å². The summed E-state index contributed by atoms with van der Waals surface area (Å²) in [4.78, 5) is 0. The van der Waals surface area contributed by atoms with Gasteiger partial charge in [0, 0.05) is 18.8 Å². The smallest absolute Gasteiger partial charge is 0.156 e. The molecule has 1 fully saturated rings. The molecular formula is C14H16Cl2N4O. The van der Waals surface area contributed by atoms with Crippen LogP contribution in [-0.4, -0.2) is 27.6 Å². The third-order valence-electron chi connectivity index (χ3n) is 3.22. The van der Waals surface area contributed by atoms with Gasteiger partial charge < -0.3 is 10.1 Å². The van der Waals surface area contributed by atoms with E-state index in [2.05, 4.69) is 15.6 Å². The van der Waals surface area contributed by atoms with Gasteiger partial charge >= 0.3 is 0 Å². The van der Waals surface area contributed by atoms with Crippen LogP contribution in [0.15, 0.2) is 24.4 Å². The van der Waals surface area contributed by atoms with Gasteiger partial charge in [0.1, 0.15) is 6.61 Å². The lowest BCUT2D eigenvalue weighted by molar-refractivity contribution is 0.290. The van der Waals surface area contributed by atoms with E-state index in [0.29, 0.717) is 35.0 Å². The van der Waals surface area contributed by atoms with Crippen LogP contribution in [-0.2, 0) is 13.1 Å². The second kappa shape index (κ2) is 6.64. The van der Waals surface area contributed by atoms with Crippen molar-refractivity contribution in [2.45, 2.75) is 32.0 Å². The summed E-state index contributed by atoms with van der Waals surface area (Å²) in [5, 5.41) is 12.6. The first-order valence-electron chi connectivity index (χ1n) is 6.91. The van der Waals surface area contributed by atoms with Crippen LogP contribution in [0.3, 0.4) is 0 Å². The van der Waals surface area contributed by atoms with Gasteiger partial charge in [0.05, 0.1) is 22.3 Å². The van der Waals surface area contributed by atoms with Gasteiger partial charge in [-0.2, -0.15) is 0 Å². The van der Waals surface area contributed by atoms with Crippen LogP contribution in [0, 0.1) is 0 Å². The molecule has 21 heavy (non-hydrogen) atoms. The van der Waals surface area contributed by atoms with Crippen molar-refractivity contribution in [3.05, 3.63) is 40.1 Å². The summed E-state index contributed by atoms with van der Waals surface area (Å²) in [5.41, 5.74) is 0.942. The standard InChI is InChI=1S/C14H16Cl2N4O/c15-12-2-1-3-13(16)14(12)21-7-6-20-9-11(18-19-20)8-17-10-4-5-10/h1-3,9-10,17H,4-8H2. The molecule has 1 N–H and O–H groups in total. The molecular weight excluding hydrogens is 311 g/mol. The van der Waals surface area contributed by atoms with E-state index in [1.807, 2.05) is 6.20 Å². The van der Waals surface area contributed by atoms with Crippen LogP contribution in [0.2, 0.25) is 10.0 Å². The molecule has 1 aliphatic carbocycles. The minimum absolute atomic E-state index is 0.433. The van der Waals surface area contributed by atoms with E-state index >= 15 is 0 Å². The molecule has 5 nitrogen and oxygen atoms in total. The van der Waals surface area contributed by atoms with Crippen LogP contribution in [0.5, 0.6) is 5.75 Å². The topological polar surface area (TPSA) is 52.0 Å². The van der Waals surface area contributed by atoms with Crippen molar-refractivity contribution >= 4 is 23.2 Å². The molecule has 0 spiro atoms. The molecule has 1 heterocycles. The normalized spacial score (nSPS) is 14.4. The van der Waals surface area contributed by atoms with Crippen molar-refractivity contribution < 1.29 is 4.74 Å². The van der Waals surface area contributed by atoms with Gasteiger partial charge in [-0.15, -0.1) is 5.10 Å². The Morgan fingerprint density at radius 2 is 2.05 bits per heavy atom. The molecule has 1 aliphatic rings. The number of hydrogen-bond donors (Lipinski definition) is 1. The second-order valence-electron chi connectivity index (χ2n) is 5.03. The molecule has 7 heteroatoms. The van der Waals surface area contributed by atoms with Gasteiger partial charge in [-0.05, 0) is 25.0 Å². The molecule has 2 aromatic rings. The highest BCUT2D eigenvalue weighted by atomic mass is 35.5. The summed E-state index contributed by atoms with van der Waals surface area (Å²) in [5.74, 6) is 0.511. The van der Waals surface area contributed by atoms with E-state index < -0.39 is 0 Å². The molecule has 0 aliphatic heterocycles. The molecule has 0 radical (unpaired) electrons. The van der Waals surface area contributed by atoms with E-state index in [4.69, 9.17) is 27.9 Å². The van der Waals surface area contributed by atoms with Crippen molar-refractivity contribution in [2.75, 3.05) is 6.61 Å². The number of nitrogens with one attached hydrogen (secondary N) is 1. The minimum atomic E-state index is 0.433. The molecule has 1 aromatic heterocycles. The van der Waals surface area contributed by atoms with Crippen molar-refractivity contribution in [2.24, 2.45) is 0 Å². The van der Waals surface area contributed by atoms with Gasteiger partial charge in [-0.3, -0.25) is 0 Å². The van der Waals surface area contributed by atoms with Gasteiger partial charge in [-0.1, -0.05) is 34.5 Å². The highest BCUT2D eigenvalue weighted by Gasteiger charge is 2.20. The maximum atomic E-state index is 6.04. The number of halogens is 2. The zero-order valence-corrected chi connectivity index (χ0v) is 12.9. The van der Waals surface area contributed by atoms with Crippen LogP contribution in [0.25, 0.3) is 0 Å². The molecule has 3 rings (SSSR count). The SMILES string of the molecule is Clc1cccc(Cl)c1OCCn1cc(CNC2CC2)nn1. The average molecular weight is 327 g/mol. The molecule has 0 unspecified atom stereocenters. The molecule has 112 valence electrons. The Hall–Kier alpha value is -1.30. The average Bonchev–Trinajstić information content (AvgIpc) is 3.19. The number of aromatic nitrogens is 3. The number of hydrogen-bond acceptors (Lipinski definition) is 4. The fourth-order valence-corrected chi connectivity index (χ4v) is 2.43. The summed E-state index contributed by atoms with van der Waals surface area (Å²) in [6, 6.07) is 5.95. The van der Waals surface area contributed by atoms with E-state index in [1.165, 1.54) is 12.8 Å². The zero-order chi connectivity index (χ0) is 14.7. The number of benzene rings is 1. The van der Waals surface area contributed by atoms with Crippen LogP contribution >= 0.6 is 23.2 Å². The lowest BCUT2D eigenvalue weighted by atomic mass is 10.3. The summed E-state index contributed by atoms with van der Waals surface area (Å²) >= 11 is 12.1. The Labute approximate surface area is 133 Å². The van der Waals surface area contributed by atoms with E-state index in [-0.39, 0.29) is 0 Å². The highest BCUT2D eigenvalue weighted by Crippen LogP contribution is 2.32. The van der Waals surface area contributed by atoms with Gasteiger partial charge in [0.25, 0.3) is 0 Å². The predicted octanol–water partition coefficient (Wildman–Crippen LogP) is 2.92. The summed E-state index contributed by atoms with van der Waals surface area (Å²) in [7, 11) is 0. The number of para-hydroxylation sites is 1. The zero-order valence-electron chi connectivity index (χ0n) is 11.4. The van der Waals surface area contributed by atoms with Crippen LogP contribution in [0.1, 0.15) is 18.5 Å². The van der Waals surface area contributed by atoms with Gasteiger partial charge in [-0.25, -0.2) is 4.68 Å². The van der Waals surface area contributed by atoms with E-state index in [0.717, 1.165) is 12.2 Å². The Morgan fingerprint density at radius 1 is 1.29 bits per heavy atom. The maximum absolute atomic E-state index is 6.04. The van der Waals surface area contributed by atoms with Crippen LogP contribution in [0.4, 0.5) is 0 Å². The van der Waals surface area contributed by atoms with E-state index in [1.54, 1.807) is 22.9 Å². The fourth-order valence-electron chi connectivity index (χ4n) is 1.93. The first-order valence-corrected chi connectivity index (χ1v) is 7.67. The largest absolute Gasteiger partial charge is 0.489 e. The summed E-state index contributed by atoms with van der Waals surface area (Å²) < 4.78 is 7.38. The van der Waals surface area contributed by atoms with Crippen LogP contribution < -0.4 is 10.1 Å². The monoisotopic (exact) mass is 326 g/mol. The molecule has 0 bridgehead atoms. The van der Waals surface area contributed by atoms with Crippen molar-refractivity contribution in [3.8, 4) is 5.75 Å². The Bertz CT molecular complexity index is 593. The number of rotatable bonds is 7. The summed E-state index contributed by atoms with van der Waals surface area (Å²) in [6.45, 7) is 1.79. The third-order valence-corrected chi connectivity index (χ3v) is 3.82. The third kappa shape index (κ3) is 4.09. The Balaban J connectivity index is 1.48. The Morgan fingerprint density at radius 3 is 2.76 bits per heavy atom. The molecule has 1 saturated carbocycles. The quantitative estimate of drug-likeness (QED) is 0.850. The highest BCUT2D eigenvalue weighted by molar-refractivity contribution is 6.37. The predicted molar refractivity (Wildman–Crippen MR) is 81.8 cm³/mol. The minimum Gasteiger partial charge on any atom is -0.489 e. The molecule has 1 aromatic carbocycles. The maximum Gasteiger partial charge on any atom is 0.156 e. The fraction of sp³-hybridized carbons (Fsp3) is 0.429. The molecule has 0 atom stereocenters. The second-order valence-corrected chi connectivity index (χ2v) is 5.84. The molecule has 0 amide bonds. The number of nitrogens with zero attached hydrogens (tertiary/aromatic N) is 3. The van der Waals surface area contributed by atoms with Crippen molar-refractivity contribution in [3.63, 3.8) is 0 Å². The Kier molecular flexibility index (Phi) is 4.63. The first kappa shape index (κ1) is 14.6. The van der Waals surface area contributed by atoms with E-state index in [9.17, 15) is 0 Å². The lowest BCUT2D eigenvalue weighted by Crippen LogP contribution is -2.15. The van der Waals surface area contributed by atoms with Gasteiger partial charge in [0.2, 0.25) is 0 Å². The van der Waals surface area contributed by atoms with Crippen molar-refractivity contribution in [1.82, 2.24) is 20.3 Å². The molecule has 0 saturated heterocycles. The van der Waals surface area contributed by atoms with Gasteiger partial charge in [0.15, 0.2) is 5.75 Å². The lowest BCUT2D eigenvalue weighted by Gasteiger charge is -2.09.